The molecule has 0 saturated carbocycles. The Morgan fingerprint density at radius 1 is 1.32 bits per heavy atom. The van der Waals surface area contributed by atoms with Gasteiger partial charge in [-0.2, -0.15) is 17.5 Å². The molecule has 0 aromatic heterocycles. The molecule has 1 fully saturated rings. The fourth-order valence-corrected chi connectivity index (χ4v) is 3.95. The molecule has 5 nitrogen and oxygen atoms in total. The van der Waals surface area contributed by atoms with Gasteiger partial charge in [0.1, 0.15) is 0 Å². The Morgan fingerprint density at radius 3 is 2.59 bits per heavy atom. The fraction of sp³-hybridized carbons (Fsp3) is 0.462. The lowest BCUT2D eigenvalue weighted by Crippen LogP contribution is -2.44. The van der Waals surface area contributed by atoms with Gasteiger partial charge in [0.25, 0.3) is 0 Å². The molecular formula is C13H15F3N2O3S. The minimum Gasteiger partial charge on any atom is -0.369 e. The molecule has 1 aromatic rings. The summed E-state index contributed by atoms with van der Waals surface area (Å²) in [5.41, 5.74) is 4.15. The lowest BCUT2D eigenvalue weighted by Gasteiger charge is -2.30. The van der Waals surface area contributed by atoms with E-state index in [1.807, 2.05) is 0 Å². The zero-order chi connectivity index (χ0) is 16.5. The largest absolute Gasteiger partial charge is 0.416 e. The fourth-order valence-electron chi connectivity index (χ4n) is 2.37. The summed E-state index contributed by atoms with van der Waals surface area (Å²) in [7, 11) is -4.09. The van der Waals surface area contributed by atoms with Gasteiger partial charge in [-0.3, -0.25) is 4.79 Å². The zero-order valence-corrected chi connectivity index (χ0v) is 12.3. The summed E-state index contributed by atoms with van der Waals surface area (Å²) in [5, 5.41) is 0. The van der Waals surface area contributed by atoms with Gasteiger partial charge in [-0.15, -0.1) is 0 Å². The van der Waals surface area contributed by atoms with Crippen molar-refractivity contribution in [3.05, 3.63) is 29.8 Å². The molecule has 0 radical (unpaired) electrons. The van der Waals surface area contributed by atoms with Crippen molar-refractivity contribution in [2.24, 2.45) is 11.7 Å². The van der Waals surface area contributed by atoms with Crippen molar-refractivity contribution in [3.8, 4) is 0 Å². The Balaban J connectivity index is 2.32. The van der Waals surface area contributed by atoms with Gasteiger partial charge in [-0.1, -0.05) is 6.07 Å². The van der Waals surface area contributed by atoms with Crippen LogP contribution in [0.1, 0.15) is 18.4 Å². The van der Waals surface area contributed by atoms with Crippen molar-refractivity contribution in [1.29, 1.82) is 0 Å². The van der Waals surface area contributed by atoms with Gasteiger partial charge < -0.3 is 5.73 Å². The van der Waals surface area contributed by atoms with Gasteiger partial charge in [0.15, 0.2) is 0 Å². The molecule has 1 atom stereocenters. The van der Waals surface area contributed by atoms with Gasteiger partial charge in [0.05, 0.1) is 16.4 Å². The molecule has 1 saturated heterocycles. The number of amides is 1. The number of halogens is 3. The molecule has 1 heterocycles. The monoisotopic (exact) mass is 336 g/mol. The minimum absolute atomic E-state index is 0.103. The van der Waals surface area contributed by atoms with Crippen molar-refractivity contribution in [2.45, 2.75) is 23.9 Å². The molecule has 1 unspecified atom stereocenters. The predicted molar refractivity (Wildman–Crippen MR) is 72.1 cm³/mol. The number of carbonyl (C=O) groups excluding carboxylic acids is 1. The molecule has 9 heteroatoms. The molecule has 1 amide bonds. The van der Waals surface area contributed by atoms with Gasteiger partial charge in [0.2, 0.25) is 15.9 Å². The van der Waals surface area contributed by atoms with Crippen LogP contribution in [0.2, 0.25) is 0 Å². The minimum atomic E-state index is -4.62. The first-order valence-electron chi connectivity index (χ1n) is 6.59. The van der Waals surface area contributed by atoms with E-state index in [9.17, 15) is 26.4 Å². The molecule has 0 aliphatic carbocycles. The maximum absolute atomic E-state index is 12.7. The Labute approximate surface area is 125 Å². The van der Waals surface area contributed by atoms with Crippen LogP contribution in [0.5, 0.6) is 0 Å². The second-order valence-electron chi connectivity index (χ2n) is 5.13. The molecule has 1 aliphatic rings. The number of hydrogen-bond donors (Lipinski definition) is 1. The number of rotatable bonds is 3. The Hall–Kier alpha value is -1.61. The number of nitrogens with two attached hydrogens (primary N) is 1. The van der Waals surface area contributed by atoms with Gasteiger partial charge >= 0.3 is 6.18 Å². The van der Waals surface area contributed by atoms with Crippen LogP contribution >= 0.6 is 0 Å². The van der Waals surface area contributed by atoms with Gasteiger partial charge in [0, 0.05) is 13.1 Å². The Kier molecular flexibility index (Phi) is 4.48. The first-order valence-corrected chi connectivity index (χ1v) is 8.03. The molecule has 2 N–H and O–H groups in total. The van der Waals surface area contributed by atoms with Crippen molar-refractivity contribution >= 4 is 15.9 Å². The van der Waals surface area contributed by atoms with Crippen LogP contribution in [0.25, 0.3) is 0 Å². The highest BCUT2D eigenvalue weighted by Crippen LogP contribution is 2.32. The van der Waals surface area contributed by atoms with Crippen LogP contribution in [-0.2, 0) is 21.0 Å². The molecular weight excluding hydrogens is 321 g/mol. The average molecular weight is 336 g/mol. The van der Waals surface area contributed by atoms with E-state index in [0.717, 1.165) is 22.5 Å². The second-order valence-corrected chi connectivity index (χ2v) is 7.07. The maximum atomic E-state index is 12.7. The number of alkyl halides is 3. The van der Waals surface area contributed by atoms with Crippen LogP contribution in [0, 0.1) is 5.92 Å². The SMILES string of the molecule is NC(=O)C1CCCN(S(=O)(=O)c2cccc(C(F)(F)F)c2)C1. The number of primary amides is 1. The smallest absolute Gasteiger partial charge is 0.369 e. The normalized spacial score (nSPS) is 20.8. The summed E-state index contributed by atoms with van der Waals surface area (Å²) in [6.45, 7) is 0.0519. The van der Waals surface area contributed by atoms with E-state index in [2.05, 4.69) is 0 Å². The zero-order valence-electron chi connectivity index (χ0n) is 11.5. The summed E-state index contributed by atoms with van der Waals surface area (Å²) in [4.78, 5) is 10.8. The van der Waals surface area contributed by atoms with Crippen LogP contribution in [-0.4, -0.2) is 31.7 Å². The van der Waals surface area contributed by atoms with E-state index in [4.69, 9.17) is 5.73 Å². The molecule has 22 heavy (non-hydrogen) atoms. The third-order valence-electron chi connectivity index (χ3n) is 3.59. The van der Waals surface area contributed by atoms with Crippen molar-refractivity contribution < 1.29 is 26.4 Å². The third-order valence-corrected chi connectivity index (χ3v) is 5.45. The molecule has 2 rings (SSSR count). The maximum Gasteiger partial charge on any atom is 0.416 e. The highest BCUT2D eigenvalue weighted by molar-refractivity contribution is 7.89. The van der Waals surface area contributed by atoms with Crippen LogP contribution < -0.4 is 5.73 Å². The van der Waals surface area contributed by atoms with E-state index in [-0.39, 0.29) is 13.1 Å². The van der Waals surface area contributed by atoms with Crippen LogP contribution in [0.3, 0.4) is 0 Å². The molecule has 1 aliphatic heterocycles. The number of benzene rings is 1. The molecule has 122 valence electrons. The standard InChI is InChI=1S/C13H15F3N2O3S/c14-13(15,16)10-4-1-5-11(7-10)22(20,21)18-6-2-3-9(8-18)12(17)19/h1,4-5,7,9H,2-3,6,8H2,(H2,17,19). The Morgan fingerprint density at radius 2 is 2.00 bits per heavy atom. The highest BCUT2D eigenvalue weighted by atomic mass is 32.2. The van der Waals surface area contributed by atoms with Crippen LogP contribution in [0.4, 0.5) is 13.2 Å². The lowest BCUT2D eigenvalue weighted by molar-refractivity contribution is -0.137. The average Bonchev–Trinajstić information content (AvgIpc) is 2.46. The van der Waals surface area contributed by atoms with Crippen molar-refractivity contribution in [1.82, 2.24) is 4.31 Å². The van der Waals surface area contributed by atoms with Crippen molar-refractivity contribution in [2.75, 3.05) is 13.1 Å². The van der Waals surface area contributed by atoms with Gasteiger partial charge in [-0.25, -0.2) is 8.42 Å². The second kappa shape index (κ2) is 5.88. The van der Waals surface area contributed by atoms with E-state index in [1.54, 1.807) is 0 Å². The van der Waals surface area contributed by atoms with Crippen molar-refractivity contribution in [3.63, 3.8) is 0 Å². The summed E-state index contributed by atoms with van der Waals surface area (Å²) < 4.78 is 64.0. The summed E-state index contributed by atoms with van der Waals surface area (Å²) >= 11 is 0. The lowest BCUT2D eigenvalue weighted by atomic mass is 9.99. The summed E-state index contributed by atoms with van der Waals surface area (Å²) in [5.74, 6) is -1.22. The quantitative estimate of drug-likeness (QED) is 0.910. The first-order chi connectivity index (χ1) is 10.1. The van der Waals surface area contributed by atoms with E-state index in [1.165, 1.54) is 0 Å². The number of carbonyl (C=O) groups is 1. The Bertz CT molecular complexity index is 673. The summed E-state index contributed by atoms with van der Waals surface area (Å²) in [6, 6.07) is 3.56. The highest BCUT2D eigenvalue weighted by Gasteiger charge is 2.35. The topological polar surface area (TPSA) is 80.5 Å². The van der Waals surface area contributed by atoms with E-state index < -0.39 is 38.5 Å². The van der Waals surface area contributed by atoms with E-state index in [0.29, 0.717) is 18.9 Å². The van der Waals surface area contributed by atoms with E-state index >= 15 is 0 Å². The first kappa shape index (κ1) is 16.8. The molecule has 0 spiro atoms. The molecule has 1 aromatic carbocycles. The number of sulfonamides is 1. The van der Waals surface area contributed by atoms with Crippen LogP contribution in [0.15, 0.2) is 29.2 Å². The number of piperidine rings is 1. The third kappa shape index (κ3) is 3.41. The predicted octanol–water partition coefficient (Wildman–Crippen LogP) is 1.59. The number of nitrogens with zero attached hydrogens (tertiary/aromatic N) is 1. The van der Waals surface area contributed by atoms with Gasteiger partial charge in [-0.05, 0) is 31.0 Å². The molecule has 0 bridgehead atoms. The summed E-state index contributed by atoms with van der Waals surface area (Å²) in [6.07, 6.45) is -3.71. The number of hydrogen-bond acceptors (Lipinski definition) is 3.